The van der Waals surface area contributed by atoms with Gasteiger partial charge in [-0.3, -0.25) is 0 Å². The highest BCUT2D eigenvalue weighted by molar-refractivity contribution is 5.28. The van der Waals surface area contributed by atoms with Crippen molar-refractivity contribution in [2.45, 2.75) is 25.7 Å². The molecule has 1 heterocycles. The lowest BCUT2D eigenvalue weighted by atomic mass is 9.90. The van der Waals surface area contributed by atoms with Crippen LogP contribution in [0.25, 0.3) is 0 Å². The Morgan fingerprint density at radius 3 is 2.73 bits per heavy atom. The molecule has 2 unspecified atom stereocenters. The third-order valence-corrected chi connectivity index (χ3v) is 3.31. The Morgan fingerprint density at radius 1 is 1.40 bits per heavy atom. The van der Waals surface area contributed by atoms with E-state index in [4.69, 9.17) is 0 Å². The van der Waals surface area contributed by atoms with E-state index < -0.39 is 0 Å². The van der Waals surface area contributed by atoms with E-state index in [1.165, 1.54) is 31.5 Å². The lowest BCUT2D eigenvalue weighted by molar-refractivity contribution is 0.471. The number of rotatable bonds is 3. The van der Waals surface area contributed by atoms with Crippen LogP contribution in [-0.2, 0) is 0 Å². The molecule has 1 aromatic rings. The molecule has 0 spiro atoms. The smallest absolute Gasteiger partial charge is 0.115 e. The number of benzene rings is 1. The molecule has 15 heavy (non-hydrogen) atoms. The van der Waals surface area contributed by atoms with Crippen LogP contribution in [0.2, 0.25) is 0 Å². The van der Waals surface area contributed by atoms with Crippen LogP contribution in [0.3, 0.4) is 0 Å². The average molecular weight is 205 g/mol. The van der Waals surface area contributed by atoms with E-state index >= 15 is 0 Å². The number of aromatic hydroxyl groups is 1. The van der Waals surface area contributed by atoms with Crippen LogP contribution in [0.1, 0.15) is 31.2 Å². The van der Waals surface area contributed by atoms with Crippen LogP contribution >= 0.6 is 0 Å². The first kappa shape index (κ1) is 10.5. The maximum Gasteiger partial charge on any atom is 0.115 e. The number of phenolic OH excluding ortho intramolecular Hbond substituents is 1. The first-order chi connectivity index (χ1) is 7.25. The zero-order valence-electron chi connectivity index (χ0n) is 9.24. The molecule has 2 heteroatoms. The monoisotopic (exact) mass is 205 g/mol. The van der Waals surface area contributed by atoms with Crippen molar-refractivity contribution in [3.63, 3.8) is 0 Å². The predicted octanol–water partition coefficient (Wildman–Crippen LogP) is 2.50. The third-order valence-electron chi connectivity index (χ3n) is 3.31. The Labute approximate surface area is 91.3 Å². The highest BCUT2D eigenvalue weighted by Crippen LogP contribution is 2.27. The molecule has 0 aromatic heterocycles. The second kappa shape index (κ2) is 4.67. The molecule has 0 bridgehead atoms. The van der Waals surface area contributed by atoms with Gasteiger partial charge in [-0.05, 0) is 55.5 Å². The summed E-state index contributed by atoms with van der Waals surface area (Å²) in [6, 6.07) is 7.61. The van der Waals surface area contributed by atoms with Gasteiger partial charge in [0.2, 0.25) is 0 Å². The molecule has 2 N–H and O–H groups in total. The van der Waals surface area contributed by atoms with E-state index in [0.29, 0.717) is 11.7 Å². The van der Waals surface area contributed by atoms with E-state index in [0.717, 1.165) is 5.92 Å². The summed E-state index contributed by atoms with van der Waals surface area (Å²) >= 11 is 0. The maximum absolute atomic E-state index is 9.21. The van der Waals surface area contributed by atoms with Crippen LogP contribution in [-0.4, -0.2) is 18.2 Å². The van der Waals surface area contributed by atoms with E-state index in [1.807, 2.05) is 12.1 Å². The van der Waals surface area contributed by atoms with Crippen molar-refractivity contribution < 1.29 is 5.11 Å². The first-order valence-electron chi connectivity index (χ1n) is 5.75. The maximum atomic E-state index is 9.21. The van der Waals surface area contributed by atoms with Gasteiger partial charge in [-0.1, -0.05) is 19.1 Å². The molecule has 1 aliphatic rings. The fourth-order valence-corrected chi connectivity index (χ4v) is 2.35. The molecule has 0 saturated carbocycles. The summed E-state index contributed by atoms with van der Waals surface area (Å²) in [6.45, 7) is 4.61. The van der Waals surface area contributed by atoms with Gasteiger partial charge in [0.25, 0.3) is 0 Å². The number of hydrogen-bond acceptors (Lipinski definition) is 2. The van der Waals surface area contributed by atoms with Crippen LogP contribution in [0.4, 0.5) is 0 Å². The number of hydrogen-bond donors (Lipinski definition) is 2. The molecule has 1 saturated heterocycles. The Kier molecular flexibility index (Phi) is 3.27. The standard InChI is InChI=1S/C13H19NO/c1-10(8-11-6-7-14-9-11)12-2-4-13(15)5-3-12/h2-5,10-11,14-15H,6-9H2,1H3. The van der Waals surface area contributed by atoms with Gasteiger partial charge < -0.3 is 10.4 Å². The van der Waals surface area contributed by atoms with E-state index in [2.05, 4.69) is 12.2 Å². The van der Waals surface area contributed by atoms with Crippen LogP contribution in [0, 0.1) is 5.92 Å². The highest BCUT2D eigenvalue weighted by atomic mass is 16.3. The zero-order chi connectivity index (χ0) is 10.7. The first-order valence-corrected chi connectivity index (χ1v) is 5.75. The molecule has 1 fully saturated rings. The second-order valence-corrected chi connectivity index (χ2v) is 4.59. The lowest BCUT2D eigenvalue weighted by Crippen LogP contribution is -2.10. The van der Waals surface area contributed by atoms with Crippen LogP contribution < -0.4 is 5.32 Å². The SMILES string of the molecule is CC(CC1CCNC1)c1ccc(O)cc1. The summed E-state index contributed by atoms with van der Waals surface area (Å²) in [5.41, 5.74) is 1.33. The molecule has 82 valence electrons. The minimum Gasteiger partial charge on any atom is -0.508 e. The van der Waals surface area contributed by atoms with Crippen molar-refractivity contribution >= 4 is 0 Å². The minimum atomic E-state index is 0.355. The molecule has 0 amide bonds. The van der Waals surface area contributed by atoms with Gasteiger partial charge >= 0.3 is 0 Å². The molecule has 1 aliphatic heterocycles. The fraction of sp³-hybridized carbons (Fsp3) is 0.538. The van der Waals surface area contributed by atoms with E-state index in [-0.39, 0.29) is 0 Å². The molecule has 1 aromatic carbocycles. The van der Waals surface area contributed by atoms with Crippen molar-refractivity contribution in [3.8, 4) is 5.75 Å². The largest absolute Gasteiger partial charge is 0.508 e. The molecule has 2 nitrogen and oxygen atoms in total. The number of phenols is 1. The third kappa shape index (κ3) is 2.72. The summed E-state index contributed by atoms with van der Waals surface area (Å²) in [4.78, 5) is 0. The fourth-order valence-electron chi connectivity index (χ4n) is 2.35. The van der Waals surface area contributed by atoms with Gasteiger partial charge in [0, 0.05) is 0 Å². The van der Waals surface area contributed by atoms with Crippen molar-refractivity contribution in [2.75, 3.05) is 13.1 Å². The number of nitrogens with one attached hydrogen (secondary N) is 1. The quantitative estimate of drug-likeness (QED) is 0.794. The molecule has 0 radical (unpaired) electrons. The second-order valence-electron chi connectivity index (χ2n) is 4.59. The Balaban J connectivity index is 1.94. The normalized spacial score (nSPS) is 22.9. The topological polar surface area (TPSA) is 32.3 Å². The average Bonchev–Trinajstić information content (AvgIpc) is 2.71. The van der Waals surface area contributed by atoms with Crippen molar-refractivity contribution in [3.05, 3.63) is 29.8 Å². The summed E-state index contributed by atoms with van der Waals surface area (Å²) < 4.78 is 0. The van der Waals surface area contributed by atoms with Gasteiger partial charge in [-0.2, -0.15) is 0 Å². The summed E-state index contributed by atoms with van der Waals surface area (Å²) in [7, 11) is 0. The molecule has 2 atom stereocenters. The molecule has 2 rings (SSSR count). The predicted molar refractivity (Wildman–Crippen MR) is 62.1 cm³/mol. The Bertz CT molecular complexity index is 301. The lowest BCUT2D eigenvalue weighted by Gasteiger charge is -2.16. The van der Waals surface area contributed by atoms with Gasteiger partial charge in [-0.25, -0.2) is 0 Å². The highest BCUT2D eigenvalue weighted by Gasteiger charge is 2.18. The van der Waals surface area contributed by atoms with Crippen LogP contribution in [0.15, 0.2) is 24.3 Å². The van der Waals surface area contributed by atoms with Crippen LogP contribution in [0.5, 0.6) is 5.75 Å². The van der Waals surface area contributed by atoms with Crippen molar-refractivity contribution in [1.29, 1.82) is 0 Å². The minimum absolute atomic E-state index is 0.355. The Hall–Kier alpha value is -1.02. The summed E-state index contributed by atoms with van der Waals surface area (Å²) in [6.07, 6.45) is 2.56. The summed E-state index contributed by atoms with van der Waals surface area (Å²) in [5, 5.41) is 12.6. The van der Waals surface area contributed by atoms with Gasteiger partial charge in [-0.15, -0.1) is 0 Å². The zero-order valence-corrected chi connectivity index (χ0v) is 9.24. The van der Waals surface area contributed by atoms with Gasteiger partial charge in [0.15, 0.2) is 0 Å². The molecular weight excluding hydrogens is 186 g/mol. The summed E-state index contributed by atoms with van der Waals surface area (Å²) in [5.74, 6) is 1.78. The van der Waals surface area contributed by atoms with Crippen molar-refractivity contribution in [1.82, 2.24) is 5.32 Å². The molecular formula is C13H19NO. The Morgan fingerprint density at radius 2 is 2.13 bits per heavy atom. The van der Waals surface area contributed by atoms with Crippen molar-refractivity contribution in [2.24, 2.45) is 5.92 Å². The molecule has 0 aliphatic carbocycles. The van der Waals surface area contributed by atoms with Gasteiger partial charge in [0.1, 0.15) is 5.75 Å². The van der Waals surface area contributed by atoms with E-state index in [1.54, 1.807) is 12.1 Å². The van der Waals surface area contributed by atoms with Gasteiger partial charge in [0.05, 0.1) is 0 Å². The van der Waals surface area contributed by atoms with E-state index in [9.17, 15) is 5.11 Å².